The first-order valence-electron chi connectivity index (χ1n) is 7.24. The summed E-state index contributed by atoms with van der Waals surface area (Å²) >= 11 is 5.95. The molecule has 3 rings (SSSR count). The fraction of sp³-hybridized carbons (Fsp3) is 0.312. The molecule has 0 bridgehead atoms. The highest BCUT2D eigenvalue weighted by molar-refractivity contribution is 6.33. The number of hydrogen-bond donors (Lipinski definition) is 0. The van der Waals surface area contributed by atoms with E-state index in [1.165, 1.54) is 18.2 Å². The number of carbonyl (C=O) groups excluding carboxylic acids is 1. The van der Waals surface area contributed by atoms with Gasteiger partial charge < -0.3 is 9.64 Å². The summed E-state index contributed by atoms with van der Waals surface area (Å²) in [6.07, 6.45) is 2.09. The van der Waals surface area contributed by atoms with Gasteiger partial charge in [-0.15, -0.1) is 0 Å². The second-order valence-corrected chi connectivity index (χ2v) is 5.73. The van der Waals surface area contributed by atoms with Crippen LogP contribution in [0.4, 0.5) is 4.39 Å². The molecule has 1 atom stereocenters. The minimum atomic E-state index is -0.613. The summed E-state index contributed by atoms with van der Waals surface area (Å²) in [5.41, 5.74) is -0.0901. The first kappa shape index (κ1) is 15.7. The molecule has 2 heterocycles. The SMILES string of the molecule is Cc1nccc(O[C@H]2CCN(C(=O)c3c(F)cccc3Cl)C2)n1. The van der Waals surface area contributed by atoms with Gasteiger partial charge in [0.1, 0.15) is 17.7 Å². The minimum Gasteiger partial charge on any atom is -0.472 e. The van der Waals surface area contributed by atoms with Crippen LogP contribution in [0.3, 0.4) is 0 Å². The molecule has 2 aromatic rings. The minimum absolute atomic E-state index is 0.0901. The summed E-state index contributed by atoms with van der Waals surface area (Å²) in [5.74, 6) is 0.0589. The highest BCUT2D eigenvalue weighted by Gasteiger charge is 2.30. The van der Waals surface area contributed by atoms with Gasteiger partial charge in [0.05, 0.1) is 17.1 Å². The van der Waals surface area contributed by atoms with Gasteiger partial charge in [0.25, 0.3) is 5.91 Å². The maximum absolute atomic E-state index is 13.9. The van der Waals surface area contributed by atoms with Gasteiger partial charge in [-0.2, -0.15) is 4.98 Å². The van der Waals surface area contributed by atoms with Crippen molar-refractivity contribution in [2.75, 3.05) is 13.1 Å². The second-order valence-electron chi connectivity index (χ2n) is 5.32. The third kappa shape index (κ3) is 3.42. The molecule has 1 saturated heterocycles. The summed E-state index contributed by atoms with van der Waals surface area (Å²) in [7, 11) is 0. The first-order valence-corrected chi connectivity index (χ1v) is 7.62. The highest BCUT2D eigenvalue weighted by atomic mass is 35.5. The van der Waals surface area contributed by atoms with E-state index in [0.29, 0.717) is 31.2 Å². The van der Waals surface area contributed by atoms with E-state index in [-0.39, 0.29) is 16.7 Å². The Balaban J connectivity index is 1.69. The number of hydrogen-bond acceptors (Lipinski definition) is 4. The van der Waals surface area contributed by atoms with Gasteiger partial charge >= 0.3 is 0 Å². The van der Waals surface area contributed by atoms with Crippen LogP contribution in [0, 0.1) is 12.7 Å². The number of benzene rings is 1. The summed E-state index contributed by atoms with van der Waals surface area (Å²) in [5, 5.41) is 0.116. The van der Waals surface area contributed by atoms with Gasteiger partial charge in [-0.05, 0) is 19.1 Å². The van der Waals surface area contributed by atoms with Crippen LogP contribution in [0.15, 0.2) is 30.5 Å². The molecule has 1 aliphatic rings. The summed E-state index contributed by atoms with van der Waals surface area (Å²) < 4.78 is 19.6. The maximum Gasteiger partial charge on any atom is 0.258 e. The number of carbonyl (C=O) groups is 1. The molecule has 120 valence electrons. The molecule has 5 nitrogen and oxygen atoms in total. The Bertz CT molecular complexity index is 721. The largest absolute Gasteiger partial charge is 0.472 e. The number of halogens is 2. The van der Waals surface area contributed by atoms with E-state index >= 15 is 0 Å². The zero-order valence-corrected chi connectivity index (χ0v) is 13.3. The lowest BCUT2D eigenvalue weighted by molar-refractivity contribution is 0.0766. The average Bonchev–Trinajstić information content (AvgIpc) is 2.95. The number of nitrogens with zero attached hydrogens (tertiary/aromatic N) is 3. The number of rotatable bonds is 3. The van der Waals surface area contributed by atoms with E-state index in [9.17, 15) is 9.18 Å². The lowest BCUT2D eigenvalue weighted by atomic mass is 10.2. The molecule has 1 amide bonds. The zero-order valence-electron chi connectivity index (χ0n) is 12.5. The second kappa shape index (κ2) is 6.50. The van der Waals surface area contributed by atoms with Crippen LogP contribution in [-0.2, 0) is 0 Å². The van der Waals surface area contributed by atoms with E-state index in [2.05, 4.69) is 9.97 Å². The summed E-state index contributed by atoms with van der Waals surface area (Å²) in [4.78, 5) is 22.2. The van der Waals surface area contributed by atoms with Crippen molar-refractivity contribution < 1.29 is 13.9 Å². The van der Waals surface area contributed by atoms with Gasteiger partial charge in [0, 0.05) is 25.2 Å². The van der Waals surface area contributed by atoms with Crippen LogP contribution < -0.4 is 4.74 Å². The number of ether oxygens (including phenoxy) is 1. The van der Waals surface area contributed by atoms with Crippen LogP contribution in [0.1, 0.15) is 22.6 Å². The molecule has 23 heavy (non-hydrogen) atoms. The van der Waals surface area contributed by atoms with Crippen molar-refractivity contribution in [3.63, 3.8) is 0 Å². The van der Waals surface area contributed by atoms with Crippen LogP contribution in [0.2, 0.25) is 5.02 Å². The van der Waals surface area contributed by atoms with Gasteiger partial charge in [0.2, 0.25) is 5.88 Å². The van der Waals surface area contributed by atoms with Gasteiger partial charge in [-0.25, -0.2) is 9.37 Å². The van der Waals surface area contributed by atoms with E-state index < -0.39 is 11.7 Å². The first-order chi connectivity index (χ1) is 11.0. The van der Waals surface area contributed by atoms with E-state index in [1.807, 2.05) is 0 Å². The van der Waals surface area contributed by atoms with Crippen molar-refractivity contribution in [1.82, 2.24) is 14.9 Å². The van der Waals surface area contributed by atoms with Crippen molar-refractivity contribution in [3.8, 4) is 5.88 Å². The number of amides is 1. The molecular weight excluding hydrogens is 321 g/mol. The van der Waals surface area contributed by atoms with Crippen LogP contribution in [-0.4, -0.2) is 40.0 Å². The molecule has 7 heteroatoms. The maximum atomic E-state index is 13.9. The van der Waals surface area contributed by atoms with E-state index in [4.69, 9.17) is 16.3 Å². The van der Waals surface area contributed by atoms with Gasteiger partial charge in [0.15, 0.2) is 0 Å². The van der Waals surface area contributed by atoms with Crippen LogP contribution in [0.5, 0.6) is 5.88 Å². The molecule has 0 saturated carbocycles. The fourth-order valence-corrected chi connectivity index (χ4v) is 2.78. The van der Waals surface area contributed by atoms with Crippen molar-refractivity contribution in [3.05, 3.63) is 52.7 Å². The summed E-state index contributed by atoms with van der Waals surface area (Å²) in [6, 6.07) is 5.88. The molecule has 1 fully saturated rings. The van der Waals surface area contributed by atoms with Gasteiger partial charge in [-0.1, -0.05) is 17.7 Å². The Labute approximate surface area is 138 Å². The standard InChI is InChI=1S/C16H15ClFN3O2/c1-10-19-7-5-14(20-10)23-11-6-8-21(9-11)16(22)15-12(17)3-2-4-13(15)18/h2-5,7,11H,6,8-9H2,1H3/t11-/m0/s1. The van der Waals surface area contributed by atoms with E-state index in [1.54, 1.807) is 24.1 Å². The Morgan fingerprint density at radius 3 is 3.00 bits per heavy atom. The number of aryl methyl sites for hydroxylation is 1. The molecule has 0 radical (unpaired) electrons. The van der Waals surface area contributed by atoms with Crippen molar-refractivity contribution in [2.45, 2.75) is 19.4 Å². The average molecular weight is 336 g/mol. The molecule has 1 aromatic heterocycles. The lowest BCUT2D eigenvalue weighted by Crippen LogP contribution is -2.31. The molecule has 0 aliphatic carbocycles. The Morgan fingerprint density at radius 2 is 2.26 bits per heavy atom. The molecule has 1 aromatic carbocycles. The molecule has 0 unspecified atom stereocenters. The molecule has 0 spiro atoms. The Hall–Kier alpha value is -2.21. The Morgan fingerprint density at radius 1 is 1.43 bits per heavy atom. The monoisotopic (exact) mass is 335 g/mol. The highest BCUT2D eigenvalue weighted by Crippen LogP contribution is 2.24. The number of aromatic nitrogens is 2. The predicted molar refractivity (Wildman–Crippen MR) is 83.1 cm³/mol. The molecular formula is C16H15ClFN3O2. The van der Waals surface area contributed by atoms with Crippen molar-refractivity contribution >= 4 is 17.5 Å². The van der Waals surface area contributed by atoms with Crippen LogP contribution in [0.25, 0.3) is 0 Å². The van der Waals surface area contributed by atoms with Crippen molar-refractivity contribution in [2.24, 2.45) is 0 Å². The normalized spacial score (nSPS) is 17.3. The number of likely N-dealkylation sites (tertiary alicyclic amines) is 1. The topological polar surface area (TPSA) is 55.3 Å². The Kier molecular flexibility index (Phi) is 4.43. The zero-order chi connectivity index (χ0) is 16.4. The third-order valence-corrected chi connectivity index (χ3v) is 3.96. The quantitative estimate of drug-likeness (QED) is 0.865. The van der Waals surface area contributed by atoms with Crippen molar-refractivity contribution in [1.29, 1.82) is 0 Å². The third-order valence-electron chi connectivity index (χ3n) is 3.65. The van der Waals surface area contributed by atoms with E-state index in [0.717, 1.165) is 0 Å². The summed E-state index contributed by atoms with van der Waals surface area (Å²) in [6.45, 7) is 2.63. The smallest absolute Gasteiger partial charge is 0.258 e. The molecule has 0 N–H and O–H groups in total. The molecule has 1 aliphatic heterocycles. The fourth-order valence-electron chi connectivity index (χ4n) is 2.54. The lowest BCUT2D eigenvalue weighted by Gasteiger charge is -2.18. The van der Waals surface area contributed by atoms with Crippen LogP contribution >= 0.6 is 11.6 Å². The predicted octanol–water partition coefficient (Wildman–Crippen LogP) is 2.87. The van der Waals surface area contributed by atoms with Gasteiger partial charge in [-0.3, -0.25) is 4.79 Å².